The quantitative estimate of drug-likeness (QED) is 0.641. The number of hydrogen-bond acceptors (Lipinski definition) is 3. The third-order valence-corrected chi connectivity index (χ3v) is 1.90. The van der Waals surface area contributed by atoms with Crippen LogP contribution in [0.4, 0.5) is 0 Å². The van der Waals surface area contributed by atoms with E-state index in [1.165, 1.54) is 17.4 Å². The lowest BCUT2D eigenvalue weighted by molar-refractivity contribution is 0.0730. The van der Waals surface area contributed by atoms with Crippen LogP contribution in [0.15, 0.2) is 12.5 Å². The summed E-state index contributed by atoms with van der Waals surface area (Å²) in [6, 6.07) is -0.207. The summed E-state index contributed by atoms with van der Waals surface area (Å²) in [6.07, 6.45) is 2.62. The molecule has 0 bridgehead atoms. The van der Waals surface area contributed by atoms with Crippen molar-refractivity contribution in [2.45, 2.75) is 26.4 Å². The zero-order valence-electron chi connectivity index (χ0n) is 9.48. The largest absolute Gasteiger partial charge is 0.330 e. The Kier molecular flexibility index (Phi) is 1.31. The zero-order valence-corrected chi connectivity index (χ0v) is 7.48. The molecule has 0 saturated heterocycles. The van der Waals surface area contributed by atoms with E-state index in [1.54, 1.807) is 13.8 Å². The summed E-state index contributed by atoms with van der Waals surface area (Å²) in [7, 11) is 0. The standard InChI is InChI=1S/C9H11N3O/c1-6(2)12-4-8-7(9(12)13)3-10-5-11-8/h3,5-6H,4H2,1-2H3/i4D2. The van der Waals surface area contributed by atoms with Crippen LogP contribution >= 0.6 is 0 Å². The van der Waals surface area contributed by atoms with Crippen molar-refractivity contribution in [3.05, 3.63) is 23.8 Å². The molecule has 0 N–H and O–H groups in total. The maximum atomic E-state index is 11.9. The van der Waals surface area contributed by atoms with Crippen LogP contribution in [0.1, 0.15) is 32.6 Å². The molecule has 2 heterocycles. The van der Waals surface area contributed by atoms with E-state index >= 15 is 0 Å². The molecule has 4 heteroatoms. The second-order valence-electron chi connectivity index (χ2n) is 3.17. The van der Waals surface area contributed by atoms with Crippen molar-refractivity contribution in [3.8, 4) is 0 Å². The number of carbonyl (C=O) groups excluding carboxylic acids is 1. The summed E-state index contributed by atoms with van der Waals surface area (Å²) in [5.74, 6) is -0.342. The van der Waals surface area contributed by atoms with Crippen LogP contribution in [0.3, 0.4) is 0 Å². The van der Waals surface area contributed by atoms with E-state index in [0.717, 1.165) is 0 Å². The molecular formula is C9H11N3O. The summed E-state index contributed by atoms with van der Waals surface area (Å²) in [4.78, 5) is 20.6. The molecule has 0 aliphatic carbocycles. The molecule has 1 amide bonds. The molecule has 1 aliphatic heterocycles. The van der Waals surface area contributed by atoms with Gasteiger partial charge in [-0.2, -0.15) is 0 Å². The molecule has 0 spiro atoms. The highest BCUT2D eigenvalue weighted by Gasteiger charge is 2.29. The van der Waals surface area contributed by atoms with Crippen LogP contribution in [0.2, 0.25) is 0 Å². The summed E-state index contributed by atoms with van der Waals surface area (Å²) >= 11 is 0. The van der Waals surface area contributed by atoms with Gasteiger partial charge in [-0.15, -0.1) is 0 Å². The van der Waals surface area contributed by atoms with Gasteiger partial charge in [0, 0.05) is 12.2 Å². The first-order chi connectivity index (χ1) is 6.96. The van der Waals surface area contributed by atoms with E-state index in [4.69, 9.17) is 2.74 Å². The number of rotatable bonds is 1. The Morgan fingerprint density at radius 3 is 3.08 bits per heavy atom. The minimum atomic E-state index is -1.83. The smallest absolute Gasteiger partial charge is 0.257 e. The lowest BCUT2D eigenvalue weighted by Crippen LogP contribution is -2.30. The van der Waals surface area contributed by atoms with Gasteiger partial charge in [-0.25, -0.2) is 9.97 Å². The molecule has 1 aromatic heterocycles. The average Bonchev–Trinajstić information content (AvgIpc) is 2.36. The topological polar surface area (TPSA) is 46.1 Å². The van der Waals surface area contributed by atoms with Crippen LogP contribution in [-0.4, -0.2) is 26.8 Å². The molecule has 0 fully saturated rings. The Balaban J connectivity index is 2.60. The highest BCUT2D eigenvalue weighted by molar-refractivity contribution is 5.97. The molecule has 2 rings (SSSR count). The SMILES string of the molecule is [2H]C1([2H])c2ncncc2C(=O)N1C(C)C. The molecule has 4 nitrogen and oxygen atoms in total. The zero-order chi connectivity index (χ0) is 11.2. The molecule has 1 aliphatic rings. The number of amides is 1. The Bertz CT molecular complexity index is 420. The first-order valence-electron chi connectivity index (χ1n) is 5.10. The monoisotopic (exact) mass is 179 g/mol. The molecule has 1 aromatic rings. The first kappa shape index (κ1) is 6.07. The van der Waals surface area contributed by atoms with Gasteiger partial charge in [0.25, 0.3) is 5.91 Å². The normalized spacial score (nSPS) is 21.5. The fourth-order valence-corrected chi connectivity index (χ4v) is 1.23. The number of aromatic nitrogens is 2. The molecule has 0 saturated carbocycles. The van der Waals surface area contributed by atoms with Crippen molar-refractivity contribution in [2.75, 3.05) is 0 Å². The number of hydrogen-bond donors (Lipinski definition) is 0. The minimum Gasteiger partial charge on any atom is -0.330 e. The van der Waals surface area contributed by atoms with Gasteiger partial charge in [-0.1, -0.05) is 0 Å². The van der Waals surface area contributed by atoms with Gasteiger partial charge in [0.05, 0.1) is 20.5 Å². The van der Waals surface area contributed by atoms with E-state index in [1.807, 2.05) is 0 Å². The second kappa shape index (κ2) is 2.80. The lowest BCUT2D eigenvalue weighted by atomic mass is 10.3. The molecule has 0 radical (unpaired) electrons. The van der Waals surface area contributed by atoms with Gasteiger partial charge in [0.15, 0.2) is 0 Å². The molecule has 68 valence electrons. The number of fused-ring (bicyclic) bond motifs is 1. The lowest BCUT2D eigenvalue weighted by Gasteiger charge is -2.19. The highest BCUT2D eigenvalue weighted by atomic mass is 16.2. The fraction of sp³-hybridized carbons (Fsp3) is 0.444. The summed E-state index contributed by atoms with van der Waals surface area (Å²) < 4.78 is 15.7. The molecule has 0 aromatic carbocycles. The molecular weight excluding hydrogens is 166 g/mol. The number of carbonyl (C=O) groups is 1. The maximum absolute atomic E-state index is 11.9. The van der Waals surface area contributed by atoms with Crippen molar-refractivity contribution >= 4 is 5.91 Å². The van der Waals surface area contributed by atoms with Gasteiger partial charge >= 0.3 is 0 Å². The molecule has 13 heavy (non-hydrogen) atoms. The Hall–Kier alpha value is -1.45. The second-order valence-corrected chi connectivity index (χ2v) is 3.17. The van der Waals surface area contributed by atoms with Gasteiger partial charge in [0.2, 0.25) is 0 Å². The highest BCUT2D eigenvalue weighted by Crippen LogP contribution is 2.21. The Labute approximate surface area is 79.4 Å². The predicted molar refractivity (Wildman–Crippen MR) is 47.0 cm³/mol. The fourth-order valence-electron chi connectivity index (χ4n) is 1.23. The Morgan fingerprint density at radius 1 is 1.69 bits per heavy atom. The maximum Gasteiger partial charge on any atom is 0.257 e. The van der Waals surface area contributed by atoms with Crippen molar-refractivity contribution in [2.24, 2.45) is 0 Å². The van der Waals surface area contributed by atoms with Crippen LogP contribution in [-0.2, 0) is 6.50 Å². The van der Waals surface area contributed by atoms with Crippen LogP contribution in [0.25, 0.3) is 0 Å². The minimum absolute atomic E-state index is 0.163. The average molecular weight is 179 g/mol. The van der Waals surface area contributed by atoms with Crippen molar-refractivity contribution in [3.63, 3.8) is 0 Å². The van der Waals surface area contributed by atoms with E-state index in [-0.39, 0.29) is 23.2 Å². The number of nitrogens with zero attached hydrogens (tertiary/aromatic N) is 3. The predicted octanol–water partition coefficient (Wildman–Crippen LogP) is 0.841. The summed E-state index contributed by atoms with van der Waals surface area (Å²) in [6.45, 7) is 1.72. The Morgan fingerprint density at radius 2 is 2.46 bits per heavy atom. The van der Waals surface area contributed by atoms with Crippen molar-refractivity contribution < 1.29 is 7.54 Å². The van der Waals surface area contributed by atoms with E-state index in [2.05, 4.69) is 9.97 Å². The first-order valence-corrected chi connectivity index (χ1v) is 4.10. The van der Waals surface area contributed by atoms with Crippen molar-refractivity contribution in [1.29, 1.82) is 0 Å². The van der Waals surface area contributed by atoms with Gasteiger partial charge in [-0.05, 0) is 13.8 Å². The van der Waals surface area contributed by atoms with Crippen molar-refractivity contribution in [1.82, 2.24) is 14.9 Å². The van der Waals surface area contributed by atoms with Crippen LogP contribution in [0, 0.1) is 0 Å². The van der Waals surface area contributed by atoms with E-state index in [9.17, 15) is 4.79 Å². The van der Waals surface area contributed by atoms with E-state index in [0.29, 0.717) is 0 Å². The van der Waals surface area contributed by atoms with Crippen LogP contribution in [0.5, 0.6) is 0 Å². The summed E-state index contributed by atoms with van der Waals surface area (Å²) in [5.41, 5.74) is 0.424. The summed E-state index contributed by atoms with van der Waals surface area (Å²) in [5, 5.41) is 0. The van der Waals surface area contributed by atoms with Crippen LogP contribution < -0.4 is 0 Å². The van der Waals surface area contributed by atoms with Gasteiger partial charge < -0.3 is 4.90 Å². The van der Waals surface area contributed by atoms with Gasteiger partial charge in [0.1, 0.15) is 6.33 Å². The third kappa shape index (κ3) is 1.18. The molecule has 0 atom stereocenters. The third-order valence-electron chi connectivity index (χ3n) is 1.90. The van der Waals surface area contributed by atoms with Gasteiger partial charge in [-0.3, -0.25) is 4.79 Å². The molecule has 0 unspecified atom stereocenters. The van der Waals surface area contributed by atoms with E-state index < -0.39 is 6.50 Å².